The minimum Gasteiger partial charge on any atom is -0.394 e. The molecular formula is C10H15N3O3. The van der Waals surface area contributed by atoms with Gasteiger partial charge in [-0.25, -0.2) is 9.97 Å². The molecule has 0 radical (unpaired) electrons. The van der Waals surface area contributed by atoms with E-state index in [2.05, 4.69) is 9.97 Å². The fourth-order valence-electron chi connectivity index (χ4n) is 1.65. The van der Waals surface area contributed by atoms with Gasteiger partial charge >= 0.3 is 0 Å². The molecule has 1 unspecified atom stereocenters. The third-order valence-corrected chi connectivity index (χ3v) is 2.57. The van der Waals surface area contributed by atoms with Crippen molar-refractivity contribution in [2.24, 2.45) is 0 Å². The Kier molecular flexibility index (Phi) is 3.66. The molecule has 1 saturated heterocycles. The van der Waals surface area contributed by atoms with Crippen LogP contribution in [0.5, 0.6) is 0 Å². The highest BCUT2D eigenvalue weighted by Gasteiger charge is 2.24. The largest absolute Gasteiger partial charge is 0.394 e. The summed E-state index contributed by atoms with van der Waals surface area (Å²) in [6.07, 6.45) is 3.18. The van der Waals surface area contributed by atoms with E-state index in [0.717, 1.165) is 0 Å². The van der Waals surface area contributed by atoms with E-state index in [-0.39, 0.29) is 19.3 Å². The first-order valence-corrected chi connectivity index (χ1v) is 5.22. The van der Waals surface area contributed by atoms with Crippen molar-refractivity contribution in [2.45, 2.75) is 12.6 Å². The molecule has 6 nitrogen and oxygen atoms in total. The van der Waals surface area contributed by atoms with Crippen LogP contribution in [0.3, 0.4) is 0 Å². The van der Waals surface area contributed by atoms with Gasteiger partial charge in [0.15, 0.2) is 0 Å². The molecule has 0 spiro atoms. The predicted octanol–water partition coefficient (Wildman–Crippen LogP) is -0.834. The molecule has 1 atom stereocenters. The van der Waals surface area contributed by atoms with Gasteiger partial charge in [-0.2, -0.15) is 0 Å². The van der Waals surface area contributed by atoms with E-state index < -0.39 is 0 Å². The smallest absolute Gasteiger partial charge is 0.225 e. The first-order chi connectivity index (χ1) is 7.85. The summed E-state index contributed by atoms with van der Waals surface area (Å²) in [5.41, 5.74) is 0.678. The fraction of sp³-hybridized carbons (Fsp3) is 0.600. The van der Waals surface area contributed by atoms with Crippen LogP contribution in [-0.2, 0) is 11.3 Å². The molecule has 1 fully saturated rings. The zero-order valence-corrected chi connectivity index (χ0v) is 8.91. The highest BCUT2D eigenvalue weighted by atomic mass is 16.5. The first-order valence-electron chi connectivity index (χ1n) is 5.22. The summed E-state index contributed by atoms with van der Waals surface area (Å²) in [5, 5.41) is 18.1. The molecule has 1 aliphatic rings. The van der Waals surface area contributed by atoms with E-state index in [9.17, 15) is 5.11 Å². The van der Waals surface area contributed by atoms with Gasteiger partial charge in [0.25, 0.3) is 0 Å². The van der Waals surface area contributed by atoms with Crippen molar-refractivity contribution in [1.29, 1.82) is 0 Å². The molecular weight excluding hydrogens is 210 g/mol. The number of anilines is 1. The van der Waals surface area contributed by atoms with E-state index in [1.165, 1.54) is 0 Å². The zero-order chi connectivity index (χ0) is 11.4. The molecule has 1 aliphatic heterocycles. The van der Waals surface area contributed by atoms with E-state index in [1.54, 1.807) is 12.4 Å². The van der Waals surface area contributed by atoms with E-state index in [1.807, 2.05) is 4.90 Å². The van der Waals surface area contributed by atoms with Gasteiger partial charge in [-0.15, -0.1) is 0 Å². The third kappa shape index (κ3) is 2.29. The molecule has 1 aromatic rings. The standard InChI is InChI=1S/C10H15N3O3/c14-5-8-3-11-10(12-4-8)13-1-2-16-7-9(13)6-15/h3-4,9,14-15H,1-2,5-7H2. The maximum atomic E-state index is 9.21. The second-order valence-electron chi connectivity index (χ2n) is 3.65. The molecule has 2 N–H and O–H groups in total. The molecule has 1 aromatic heterocycles. The molecule has 88 valence electrons. The Morgan fingerprint density at radius 2 is 2.12 bits per heavy atom. The summed E-state index contributed by atoms with van der Waals surface area (Å²) in [5.74, 6) is 0.569. The molecule has 2 heterocycles. The Bertz CT molecular complexity index is 331. The van der Waals surface area contributed by atoms with Crippen LogP contribution in [0.2, 0.25) is 0 Å². The average molecular weight is 225 g/mol. The second kappa shape index (κ2) is 5.20. The van der Waals surface area contributed by atoms with Crippen LogP contribution < -0.4 is 4.90 Å². The molecule has 0 amide bonds. The van der Waals surface area contributed by atoms with Crippen LogP contribution in [0, 0.1) is 0 Å². The summed E-state index contributed by atoms with van der Waals surface area (Å²) in [6, 6.07) is -0.0891. The van der Waals surface area contributed by atoms with Crippen LogP contribution in [-0.4, -0.2) is 52.6 Å². The fourth-order valence-corrected chi connectivity index (χ4v) is 1.65. The van der Waals surface area contributed by atoms with Gasteiger partial charge < -0.3 is 19.8 Å². The number of morpholine rings is 1. The second-order valence-corrected chi connectivity index (χ2v) is 3.65. The Morgan fingerprint density at radius 1 is 1.38 bits per heavy atom. The van der Waals surface area contributed by atoms with Gasteiger partial charge in [-0.3, -0.25) is 0 Å². The lowest BCUT2D eigenvalue weighted by Crippen LogP contribution is -2.48. The van der Waals surface area contributed by atoms with Crippen molar-refractivity contribution in [2.75, 3.05) is 31.3 Å². The van der Waals surface area contributed by atoms with Crippen LogP contribution in [0.4, 0.5) is 5.95 Å². The van der Waals surface area contributed by atoms with Crippen molar-refractivity contribution < 1.29 is 14.9 Å². The van der Waals surface area contributed by atoms with Gasteiger partial charge in [-0.05, 0) is 0 Å². The maximum absolute atomic E-state index is 9.21. The van der Waals surface area contributed by atoms with Gasteiger partial charge in [0, 0.05) is 24.5 Å². The van der Waals surface area contributed by atoms with E-state index in [4.69, 9.17) is 9.84 Å². The van der Waals surface area contributed by atoms with Crippen LogP contribution in [0.1, 0.15) is 5.56 Å². The highest BCUT2D eigenvalue weighted by molar-refractivity contribution is 5.32. The lowest BCUT2D eigenvalue weighted by molar-refractivity contribution is 0.0718. The first kappa shape index (κ1) is 11.3. The Balaban J connectivity index is 2.14. The Hall–Kier alpha value is -1.24. The molecule has 2 rings (SSSR count). The summed E-state index contributed by atoms with van der Waals surface area (Å²) >= 11 is 0. The topological polar surface area (TPSA) is 78.7 Å². The van der Waals surface area contributed by atoms with Crippen molar-refractivity contribution in [1.82, 2.24) is 9.97 Å². The summed E-state index contributed by atoms with van der Waals surface area (Å²) in [6.45, 7) is 1.73. The van der Waals surface area contributed by atoms with Gasteiger partial charge in [0.05, 0.1) is 32.5 Å². The Labute approximate surface area is 93.5 Å². The molecule has 6 heteroatoms. The van der Waals surface area contributed by atoms with E-state index in [0.29, 0.717) is 31.3 Å². The van der Waals surface area contributed by atoms with Crippen LogP contribution in [0.15, 0.2) is 12.4 Å². The number of hydrogen-bond donors (Lipinski definition) is 2. The van der Waals surface area contributed by atoms with Crippen molar-refractivity contribution >= 4 is 5.95 Å². The average Bonchev–Trinajstić information content (AvgIpc) is 2.39. The quantitative estimate of drug-likeness (QED) is 0.699. The van der Waals surface area contributed by atoms with E-state index >= 15 is 0 Å². The molecule has 0 aliphatic carbocycles. The van der Waals surface area contributed by atoms with Gasteiger partial charge in [-0.1, -0.05) is 0 Å². The molecule has 0 saturated carbocycles. The minimum atomic E-state index is -0.0891. The highest BCUT2D eigenvalue weighted by Crippen LogP contribution is 2.14. The minimum absolute atomic E-state index is 0.0190. The number of hydrogen-bond acceptors (Lipinski definition) is 6. The van der Waals surface area contributed by atoms with Crippen molar-refractivity contribution in [3.05, 3.63) is 18.0 Å². The SMILES string of the molecule is OCc1cnc(N2CCOCC2CO)nc1. The summed E-state index contributed by atoms with van der Waals surface area (Å²) in [4.78, 5) is 10.2. The summed E-state index contributed by atoms with van der Waals surface area (Å²) < 4.78 is 5.27. The number of aliphatic hydroxyl groups is 2. The molecule has 16 heavy (non-hydrogen) atoms. The Morgan fingerprint density at radius 3 is 2.75 bits per heavy atom. The van der Waals surface area contributed by atoms with Crippen LogP contribution in [0.25, 0.3) is 0 Å². The van der Waals surface area contributed by atoms with Crippen molar-refractivity contribution in [3.8, 4) is 0 Å². The lowest BCUT2D eigenvalue weighted by atomic mass is 10.2. The van der Waals surface area contributed by atoms with Gasteiger partial charge in [0.2, 0.25) is 5.95 Å². The molecule has 0 bridgehead atoms. The summed E-state index contributed by atoms with van der Waals surface area (Å²) in [7, 11) is 0. The van der Waals surface area contributed by atoms with Crippen molar-refractivity contribution in [3.63, 3.8) is 0 Å². The number of rotatable bonds is 3. The van der Waals surface area contributed by atoms with Crippen LogP contribution >= 0.6 is 0 Å². The predicted molar refractivity (Wildman–Crippen MR) is 57.0 cm³/mol. The third-order valence-electron chi connectivity index (χ3n) is 2.57. The zero-order valence-electron chi connectivity index (χ0n) is 8.91. The lowest BCUT2D eigenvalue weighted by Gasteiger charge is -2.34. The van der Waals surface area contributed by atoms with Gasteiger partial charge in [0.1, 0.15) is 0 Å². The number of ether oxygens (including phenoxy) is 1. The maximum Gasteiger partial charge on any atom is 0.225 e. The normalized spacial score (nSPS) is 21.1. The molecule has 0 aromatic carbocycles. The number of aliphatic hydroxyl groups excluding tert-OH is 2. The monoisotopic (exact) mass is 225 g/mol. The number of aromatic nitrogens is 2. The number of nitrogens with zero attached hydrogens (tertiary/aromatic N) is 3.